The number of nitrogens with zero attached hydrogens (tertiary/aromatic N) is 3. The molecule has 1 aromatic heterocycles. The highest BCUT2D eigenvalue weighted by Gasteiger charge is 2.19. The van der Waals surface area contributed by atoms with E-state index in [9.17, 15) is 18.5 Å². The van der Waals surface area contributed by atoms with Gasteiger partial charge in [0.05, 0.1) is 4.92 Å². The van der Waals surface area contributed by atoms with Gasteiger partial charge in [0.15, 0.2) is 5.82 Å². The fraction of sp³-hybridized carbons (Fsp3) is 0.0909. The number of aromatic amines is 1. The highest BCUT2D eigenvalue weighted by Crippen LogP contribution is 2.20. The van der Waals surface area contributed by atoms with Gasteiger partial charge in [-0.3, -0.25) is 15.2 Å². The number of hydrogen-bond acceptors (Lipinski definition) is 6. The summed E-state index contributed by atoms with van der Waals surface area (Å²) < 4.78 is 23.3. The molecule has 102 valence electrons. The van der Waals surface area contributed by atoms with E-state index in [2.05, 4.69) is 15.2 Å². The van der Waals surface area contributed by atoms with E-state index in [4.69, 9.17) is 6.42 Å². The fourth-order valence-electron chi connectivity index (χ4n) is 1.43. The third-order valence-electron chi connectivity index (χ3n) is 2.37. The highest BCUT2D eigenvalue weighted by molar-refractivity contribution is 7.91. The molecule has 0 atom stereocenters. The zero-order valence-corrected chi connectivity index (χ0v) is 10.8. The van der Waals surface area contributed by atoms with E-state index < -0.39 is 25.7 Å². The first kappa shape index (κ1) is 13.7. The summed E-state index contributed by atoms with van der Waals surface area (Å²) in [5.41, 5.74) is 0.402. The van der Waals surface area contributed by atoms with Gasteiger partial charge in [-0.15, -0.1) is 11.5 Å². The first-order chi connectivity index (χ1) is 9.44. The van der Waals surface area contributed by atoms with E-state index >= 15 is 0 Å². The van der Waals surface area contributed by atoms with Crippen molar-refractivity contribution >= 4 is 15.5 Å². The maximum absolute atomic E-state index is 11.6. The molecule has 0 amide bonds. The highest BCUT2D eigenvalue weighted by atomic mass is 32.2. The number of non-ortho nitro benzene ring substituents is 1. The van der Waals surface area contributed by atoms with Gasteiger partial charge in [-0.2, -0.15) is 4.98 Å². The molecule has 0 radical (unpaired) electrons. The monoisotopic (exact) mass is 292 g/mol. The lowest BCUT2D eigenvalue weighted by Crippen LogP contribution is -2.06. The Bertz CT molecular complexity index is 787. The summed E-state index contributed by atoms with van der Waals surface area (Å²) in [6.45, 7) is 0. The summed E-state index contributed by atoms with van der Waals surface area (Å²) >= 11 is 0. The molecule has 1 aromatic carbocycles. The Hall–Kier alpha value is -2.73. The van der Waals surface area contributed by atoms with Gasteiger partial charge in [0, 0.05) is 17.7 Å². The standard InChI is InChI=1S/C11H8N4O4S/c1-2-7-20(18,19)11-12-10(13-14-11)8-3-5-9(6-4-8)15(16)17/h1,3-6H,7H2,(H,12,13,14). The Morgan fingerprint density at radius 3 is 2.55 bits per heavy atom. The minimum Gasteiger partial charge on any atom is -0.258 e. The topological polar surface area (TPSA) is 119 Å². The largest absolute Gasteiger partial charge is 0.269 e. The predicted octanol–water partition coefficient (Wildman–Crippen LogP) is 0.787. The van der Waals surface area contributed by atoms with Crippen molar-refractivity contribution in [1.29, 1.82) is 0 Å². The van der Waals surface area contributed by atoms with Crippen molar-refractivity contribution in [3.63, 3.8) is 0 Å². The normalized spacial score (nSPS) is 10.9. The molecule has 1 N–H and O–H groups in total. The van der Waals surface area contributed by atoms with Crippen molar-refractivity contribution in [3.8, 4) is 23.7 Å². The van der Waals surface area contributed by atoms with Crippen LogP contribution in [0.25, 0.3) is 11.4 Å². The van der Waals surface area contributed by atoms with Crippen LogP contribution in [0.15, 0.2) is 29.4 Å². The Labute approximate surface area is 113 Å². The number of rotatable bonds is 4. The van der Waals surface area contributed by atoms with Crippen LogP contribution >= 0.6 is 0 Å². The predicted molar refractivity (Wildman–Crippen MR) is 69.4 cm³/mol. The molecule has 0 bridgehead atoms. The lowest BCUT2D eigenvalue weighted by Gasteiger charge is -1.95. The molecule has 8 nitrogen and oxygen atoms in total. The molecule has 2 aromatic rings. The fourth-order valence-corrected chi connectivity index (χ4v) is 2.19. The van der Waals surface area contributed by atoms with Gasteiger partial charge < -0.3 is 0 Å². The van der Waals surface area contributed by atoms with Crippen molar-refractivity contribution in [2.24, 2.45) is 0 Å². The minimum absolute atomic E-state index is 0.0755. The lowest BCUT2D eigenvalue weighted by atomic mass is 10.2. The summed E-state index contributed by atoms with van der Waals surface area (Å²) in [4.78, 5) is 13.8. The Morgan fingerprint density at radius 1 is 1.35 bits per heavy atom. The van der Waals surface area contributed by atoms with Crippen LogP contribution in [0.4, 0.5) is 5.69 Å². The Kier molecular flexibility index (Phi) is 3.49. The van der Waals surface area contributed by atoms with Crippen LogP contribution in [0.2, 0.25) is 0 Å². The van der Waals surface area contributed by atoms with Crippen molar-refractivity contribution in [2.75, 3.05) is 5.75 Å². The van der Waals surface area contributed by atoms with Crippen LogP contribution in [0.3, 0.4) is 0 Å². The van der Waals surface area contributed by atoms with E-state index in [0.717, 1.165) is 0 Å². The Morgan fingerprint density at radius 2 is 2.00 bits per heavy atom. The summed E-state index contributed by atoms with van der Waals surface area (Å²) in [6, 6.07) is 5.45. The first-order valence-electron chi connectivity index (χ1n) is 5.27. The van der Waals surface area contributed by atoms with Crippen molar-refractivity contribution in [1.82, 2.24) is 15.2 Å². The van der Waals surface area contributed by atoms with E-state index in [1.165, 1.54) is 24.3 Å². The molecule has 0 aliphatic heterocycles. The molecule has 20 heavy (non-hydrogen) atoms. The number of H-pyrrole nitrogens is 1. The van der Waals surface area contributed by atoms with Crippen LogP contribution < -0.4 is 0 Å². The molecule has 0 spiro atoms. The zero-order valence-electron chi connectivity index (χ0n) is 9.98. The summed E-state index contributed by atoms with van der Waals surface area (Å²) in [5.74, 6) is 1.71. The Balaban J connectivity index is 2.34. The number of aromatic nitrogens is 3. The number of hydrogen-bond donors (Lipinski definition) is 1. The molecule has 2 rings (SSSR count). The van der Waals surface area contributed by atoms with Gasteiger partial charge in [0.2, 0.25) is 9.84 Å². The van der Waals surface area contributed by atoms with Crippen molar-refractivity contribution in [2.45, 2.75) is 5.16 Å². The molecule has 0 fully saturated rings. The first-order valence-corrected chi connectivity index (χ1v) is 6.93. The summed E-state index contributed by atoms with van der Waals surface area (Å²) in [7, 11) is -3.72. The number of sulfone groups is 1. The number of nitrogens with one attached hydrogen (secondary N) is 1. The van der Waals surface area contributed by atoms with Crippen LogP contribution in [-0.2, 0) is 9.84 Å². The number of nitro groups is 1. The zero-order chi connectivity index (χ0) is 14.8. The molecular formula is C11H8N4O4S. The van der Waals surface area contributed by atoms with Crippen LogP contribution in [-0.4, -0.2) is 34.3 Å². The maximum atomic E-state index is 11.6. The maximum Gasteiger partial charge on any atom is 0.269 e. The molecular weight excluding hydrogens is 284 g/mol. The number of nitro benzene ring substituents is 1. The van der Waals surface area contributed by atoms with Gasteiger partial charge in [-0.05, 0) is 12.1 Å². The third-order valence-corrected chi connectivity index (χ3v) is 3.65. The second-order valence-corrected chi connectivity index (χ2v) is 5.62. The second-order valence-electron chi connectivity index (χ2n) is 3.73. The summed E-state index contributed by atoms with van der Waals surface area (Å²) in [6.07, 6.45) is 4.96. The number of terminal acetylenes is 1. The minimum atomic E-state index is -3.72. The average molecular weight is 292 g/mol. The van der Waals surface area contributed by atoms with Gasteiger partial charge >= 0.3 is 0 Å². The van der Waals surface area contributed by atoms with E-state index in [-0.39, 0.29) is 11.5 Å². The van der Waals surface area contributed by atoms with Gasteiger partial charge in [-0.1, -0.05) is 5.92 Å². The molecule has 9 heteroatoms. The van der Waals surface area contributed by atoms with Crippen molar-refractivity contribution in [3.05, 3.63) is 34.4 Å². The third kappa shape index (κ3) is 2.65. The van der Waals surface area contributed by atoms with Crippen LogP contribution in [0.1, 0.15) is 0 Å². The molecule has 0 unspecified atom stereocenters. The van der Waals surface area contributed by atoms with Crippen LogP contribution in [0, 0.1) is 22.5 Å². The van der Waals surface area contributed by atoms with E-state index in [1.54, 1.807) is 0 Å². The molecule has 0 saturated carbocycles. The van der Waals surface area contributed by atoms with E-state index in [1.807, 2.05) is 5.92 Å². The van der Waals surface area contributed by atoms with Crippen molar-refractivity contribution < 1.29 is 13.3 Å². The molecule has 0 saturated heterocycles. The van der Waals surface area contributed by atoms with E-state index in [0.29, 0.717) is 5.56 Å². The quantitative estimate of drug-likeness (QED) is 0.505. The number of benzene rings is 1. The van der Waals surface area contributed by atoms with Gasteiger partial charge in [-0.25, -0.2) is 8.42 Å². The molecule has 1 heterocycles. The molecule has 0 aliphatic carbocycles. The average Bonchev–Trinajstić information content (AvgIpc) is 2.89. The van der Waals surface area contributed by atoms with Gasteiger partial charge in [0.1, 0.15) is 5.75 Å². The van der Waals surface area contributed by atoms with Gasteiger partial charge in [0.25, 0.3) is 10.8 Å². The SMILES string of the molecule is C#CCS(=O)(=O)c1n[nH]c(-c2ccc([N+](=O)[O-])cc2)n1. The second kappa shape index (κ2) is 5.10. The lowest BCUT2D eigenvalue weighted by molar-refractivity contribution is -0.384. The molecule has 0 aliphatic rings. The summed E-state index contributed by atoms with van der Waals surface area (Å²) in [5, 5.41) is 16.2. The van der Waals surface area contributed by atoms with Crippen LogP contribution in [0.5, 0.6) is 0 Å². The smallest absolute Gasteiger partial charge is 0.258 e.